The molecule has 1 aliphatic carbocycles. The highest BCUT2D eigenvalue weighted by Crippen LogP contribution is 2.41. The van der Waals surface area contributed by atoms with Gasteiger partial charge in [0.2, 0.25) is 0 Å². The summed E-state index contributed by atoms with van der Waals surface area (Å²) in [5.74, 6) is 0.145. The molecule has 6 rings (SSSR count). The van der Waals surface area contributed by atoms with Crippen LogP contribution < -0.4 is 0 Å². The Bertz CT molecular complexity index is 1490. The maximum absolute atomic E-state index is 13.5. The topological polar surface area (TPSA) is 33.4 Å². The molecule has 4 heterocycles. The molecule has 0 bridgehead atoms. The molecule has 0 saturated carbocycles. The number of hydrogen-bond acceptors (Lipinski definition) is 3. The van der Waals surface area contributed by atoms with Crippen LogP contribution >= 0.6 is 11.6 Å². The fourth-order valence-corrected chi connectivity index (χ4v) is 5.75. The van der Waals surface area contributed by atoms with Crippen molar-refractivity contribution >= 4 is 28.4 Å². The second-order valence-electron chi connectivity index (χ2n) is 10.2. The molecule has 1 saturated heterocycles. The highest BCUT2D eigenvalue weighted by molar-refractivity contribution is 6.15. The number of halogens is 4. The number of aryl methyl sites for hydroxylation is 2. The van der Waals surface area contributed by atoms with Gasteiger partial charge in [-0.2, -0.15) is 0 Å². The molecule has 1 aliphatic heterocycles. The van der Waals surface area contributed by atoms with Gasteiger partial charge in [0, 0.05) is 62.3 Å². The van der Waals surface area contributed by atoms with E-state index in [4.69, 9.17) is 4.98 Å². The molecule has 0 radical (unpaired) electrons. The number of allylic oxidation sites excluding steroid dienone is 1. The highest BCUT2D eigenvalue weighted by atomic mass is 35.5. The first-order valence-electron chi connectivity index (χ1n) is 15.2. The van der Waals surface area contributed by atoms with Crippen LogP contribution in [0.2, 0.25) is 0 Å². The molecule has 2 aliphatic rings. The van der Waals surface area contributed by atoms with Gasteiger partial charge < -0.3 is 4.40 Å². The largest absolute Gasteiger partial charge is 0.307 e. The molecule has 0 spiro atoms. The third kappa shape index (κ3) is 7.87. The summed E-state index contributed by atoms with van der Waals surface area (Å²) in [6.45, 7) is 12.0. The first-order valence-corrected chi connectivity index (χ1v) is 16.0. The van der Waals surface area contributed by atoms with Crippen molar-refractivity contribution in [1.82, 2.24) is 19.3 Å². The summed E-state index contributed by atoms with van der Waals surface area (Å²) in [4.78, 5) is 11.4. The normalized spacial score (nSPS) is 14.9. The lowest BCUT2D eigenvalue weighted by Crippen LogP contribution is -2.46. The summed E-state index contributed by atoms with van der Waals surface area (Å²) in [5.41, 5.74) is 9.34. The van der Waals surface area contributed by atoms with Gasteiger partial charge in [0.25, 0.3) is 6.43 Å². The molecule has 0 amide bonds. The molecule has 0 unspecified atom stereocenters. The van der Waals surface area contributed by atoms with Crippen LogP contribution in [0.5, 0.6) is 0 Å². The van der Waals surface area contributed by atoms with Crippen molar-refractivity contribution in [3.05, 3.63) is 100 Å². The zero-order valence-electron chi connectivity index (χ0n) is 26.2. The van der Waals surface area contributed by atoms with Crippen LogP contribution in [0.4, 0.5) is 13.2 Å². The van der Waals surface area contributed by atoms with E-state index in [1.807, 2.05) is 69.0 Å². The zero-order chi connectivity index (χ0) is 31.5. The zero-order valence-corrected chi connectivity index (χ0v) is 26.9. The number of hydrogen-bond donors (Lipinski definition) is 0. The van der Waals surface area contributed by atoms with E-state index < -0.39 is 6.43 Å². The monoisotopic (exact) mass is 612 g/mol. The van der Waals surface area contributed by atoms with Crippen molar-refractivity contribution in [1.29, 1.82) is 0 Å². The van der Waals surface area contributed by atoms with E-state index in [-0.39, 0.29) is 18.2 Å². The molecule has 1 aromatic carbocycles. The summed E-state index contributed by atoms with van der Waals surface area (Å²) in [5, 5.41) is 0. The van der Waals surface area contributed by atoms with Crippen molar-refractivity contribution in [3.8, 4) is 0 Å². The number of benzene rings is 1. The first-order chi connectivity index (χ1) is 21.0. The number of alkyl halides is 4. The van der Waals surface area contributed by atoms with Gasteiger partial charge in [0.1, 0.15) is 5.65 Å². The Labute approximate surface area is 259 Å². The van der Waals surface area contributed by atoms with Crippen molar-refractivity contribution < 1.29 is 13.2 Å². The van der Waals surface area contributed by atoms with Gasteiger partial charge >= 0.3 is 0 Å². The lowest BCUT2D eigenvalue weighted by atomic mass is 9.87. The van der Waals surface area contributed by atoms with Crippen molar-refractivity contribution in [2.24, 2.45) is 5.92 Å². The molecule has 43 heavy (non-hydrogen) atoms. The molecule has 0 N–H and O–H groups in total. The fourth-order valence-electron chi connectivity index (χ4n) is 5.75. The van der Waals surface area contributed by atoms with Gasteiger partial charge in [0.15, 0.2) is 0 Å². The highest BCUT2D eigenvalue weighted by Gasteiger charge is 2.27. The van der Waals surface area contributed by atoms with Crippen LogP contribution in [0.15, 0.2) is 61.2 Å². The second-order valence-corrected chi connectivity index (χ2v) is 10.2. The Morgan fingerprint density at radius 1 is 0.977 bits per heavy atom. The number of aromatic nitrogens is 3. The lowest BCUT2D eigenvalue weighted by molar-refractivity contribution is 0.0727. The summed E-state index contributed by atoms with van der Waals surface area (Å²) in [6.07, 6.45) is 9.18. The Balaban J connectivity index is 0.000000796. The van der Waals surface area contributed by atoms with E-state index in [0.29, 0.717) is 6.54 Å². The van der Waals surface area contributed by atoms with Crippen LogP contribution in [-0.2, 0) is 13.0 Å². The number of imidazole rings is 1. The van der Waals surface area contributed by atoms with Crippen LogP contribution in [0.1, 0.15) is 86.0 Å². The van der Waals surface area contributed by atoms with E-state index in [1.54, 1.807) is 12.1 Å². The van der Waals surface area contributed by atoms with Gasteiger partial charge in [-0.3, -0.25) is 14.3 Å². The molecular formula is C35H44ClF3N4. The maximum Gasteiger partial charge on any atom is 0.263 e. The Kier molecular flexibility index (Phi) is 13.3. The molecule has 3 aromatic heterocycles. The maximum atomic E-state index is 13.5. The Morgan fingerprint density at radius 3 is 2.40 bits per heavy atom. The number of nitrogens with zero attached hydrogens (tertiary/aromatic N) is 4. The van der Waals surface area contributed by atoms with Crippen molar-refractivity contribution in [2.75, 3.05) is 26.1 Å². The summed E-state index contributed by atoms with van der Waals surface area (Å²) >= 11 is 4.64. The molecule has 8 heteroatoms. The molecule has 1 fully saturated rings. The molecule has 4 aromatic rings. The summed E-state index contributed by atoms with van der Waals surface area (Å²) < 4.78 is 41.9. The smallest absolute Gasteiger partial charge is 0.263 e. The number of pyridine rings is 2. The second kappa shape index (κ2) is 16.6. The van der Waals surface area contributed by atoms with Crippen LogP contribution in [-0.4, -0.2) is 45.4 Å². The Hall–Kier alpha value is -3.16. The molecule has 232 valence electrons. The summed E-state index contributed by atoms with van der Waals surface area (Å²) in [6, 6.07) is 11.3. The third-order valence-electron chi connectivity index (χ3n) is 7.61. The third-order valence-corrected chi connectivity index (χ3v) is 7.61. The average Bonchev–Trinajstić information content (AvgIpc) is 3.33. The van der Waals surface area contributed by atoms with Crippen LogP contribution in [0, 0.1) is 12.8 Å². The van der Waals surface area contributed by atoms with E-state index in [1.165, 1.54) is 12.0 Å². The minimum atomic E-state index is -2.49. The van der Waals surface area contributed by atoms with Crippen molar-refractivity contribution in [3.63, 3.8) is 0 Å². The fraction of sp³-hybridized carbons (Fsp3) is 0.429. The lowest BCUT2D eigenvalue weighted by Gasteiger charge is -2.37. The predicted molar refractivity (Wildman–Crippen MR) is 174 cm³/mol. The quantitative estimate of drug-likeness (QED) is 0.203. The number of rotatable bonds is 6. The van der Waals surface area contributed by atoms with Gasteiger partial charge in [-0.05, 0) is 89.4 Å². The van der Waals surface area contributed by atoms with Gasteiger partial charge in [-0.15, -0.1) is 11.6 Å². The van der Waals surface area contributed by atoms with Crippen LogP contribution in [0.3, 0.4) is 0 Å². The van der Waals surface area contributed by atoms with E-state index in [2.05, 4.69) is 40.5 Å². The SMILES string of the molecule is CC.CC.CCl.Cc1cnccc1C1=C(c2ccn3cc(CN4CC(CF)C4)nc3c2)c2ccc(C(F)F)cc2CCC1. The van der Waals surface area contributed by atoms with Gasteiger partial charge in [-0.25, -0.2) is 13.8 Å². The van der Waals surface area contributed by atoms with E-state index in [9.17, 15) is 13.2 Å². The number of likely N-dealkylation sites (tertiary alicyclic amines) is 1. The number of fused-ring (bicyclic) bond motifs is 2. The van der Waals surface area contributed by atoms with E-state index >= 15 is 0 Å². The van der Waals surface area contributed by atoms with Crippen molar-refractivity contribution in [2.45, 2.75) is 66.9 Å². The standard InChI is InChI=1S/C30H29F3N4.2C2H6.CH3Cl/c1-19-14-34-9-7-25(19)27-4-2-3-21-11-23(30(32)33)5-6-26(21)29(27)22-8-10-37-18-24(35-28(37)12-22)17-36-15-20(13-31)16-36;3*1-2/h5-12,14,18,20,30H,2-4,13,15-17H2,1H3;2*1-2H3;1H3. The molecule has 0 atom stereocenters. The molecule has 4 nitrogen and oxygen atoms in total. The average molecular weight is 613 g/mol. The Morgan fingerprint density at radius 2 is 1.72 bits per heavy atom. The molecular weight excluding hydrogens is 569 g/mol. The first kappa shape index (κ1) is 34.3. The van der Waals surface area contributed by atoms with Gasteiger partial charge in [0.05, 0.1) is 12.4 Å². The summed E-state index contributed by atoms with van der Waals surface area (Å²) in [7, 11) is 0. The minimum absolute atomic E-state index is 0.0657. The van der Waals surface area contributed by atoms with Gasteiger partial charge in [-0.1, -0.05) is 39.8 Å². The minimum Gasteiger partial charge on any atom is -0.307 e. The van der Waals surface area contributed by atoms with Crippen LogP contribution in [0.25, 0.3) is 16.8 Å². The predicted octanol–water partition coefficient (Wildman–Crippen LogP) is 9.58. The van der Waals surface area contributed by atoms with E-state index in [0.717, 1.165) is 77.1 Å².